The van der Waals surface area contributed by atoms with E-state index in [1.54, 1.807) is 0 Å². The second kappa shape index (κ2) is 3.03. The van der Waals surface area contributed by atoms with Gasteiger partial charge in [0, 0.05) is 12.5 Å². The highest BCUT2D eigenvalue weighted by molar-refractivity contribution is 5.12. The van der Waals surface area contributed by atoms with Crippen LogP contribution in [0.3, 0.4) is 0 Å². The quantitative estimate of drug-likeness (QED) is 0.740. The Morgan fingerprint density at radius 3 is 2.79 bits per heavy atom. The number of nitrogens with two attached hydrogens (primary N) is 1. The lowest BCUT2D eigenvalue weighted by molar-refractivity contribution is 0.149. The van der Waals surface area contributed by atoms with Crippen molar-refractivity contribution in [3.8, 4) is 0 Å². The van der Waals surface area contributed by atoms with Gasteiger partial charge in [-0.25, -0.2) is 0 Å². The first kappa shape index (κ1) is 9.61. The molecule has 0 radical (unpaired) electrons. The fourth-order valence-corrected chi connectivity index (χ4v) is 1.51. The lowest BCUT2D eigenvalue weighted by Gasteiger charge is -2.00. The second-order valence-corrected chi connectivity index (χ2v) is 4.48. The summed E-state index contributed by atoms with van der Waals surface area (Å²) < 4.78 is 5.34. The molecule has 1 aliphatic rings. The number of aliphatic hydroxyl groups excluding tert-OH is 1. The molecule has 1 heterocycles. The first-order chi connectivity index (χ1) is 6.54. The molecule has 5 nitrogen and oxygen atoms in total. The lowest BCUT2D eigenvalue weighted by atomic mass is 10.1. The van der Waals surface area contributed by atoms with Crippen molar-refractivity contribution in [1.82, 2.24) is 10.2 Å². The minimum Gasteiger partial charge on any atom is -0.422 e. The van der Waals surface area contributed by atoms with Crippen molar-refractivity contribution in [3.63, 3.8) is 0 Å². The summed E-state index contributed by atoms with van der Waals surface area (Å²) in [7, 11) is 0. The Balaban J connectivity index is 2.11. The predicted octanol–water partition coefficient (Wildman–Crippen LogP) is 0.575. The van der Waals surface area contributed by atoms with Gasteiger partial charge in [-0.1, -0.05) is 13.8 Å². The molecular weight excluding hydrogens is 182 g/mol. The minimum absolute atomic E-state index is 0.107. The standard InChI is InChI=1S/C9H15N3O2/c1-9(2)3-5(9)7-11-12-8(14-7)6(13)4-10/h5-6,13H,3-4,10H2,1-2H3. The summed E-state index contributed by atoms with van der Waals surface area (Å²) in [5.74, 6) is 1.19. The summed E-state index contributed by atoms with van der Waals surface area (Å²) in [4.78, 5) is 0. The van der Waals surface area contributed by atoms with Crippen LogP contribution in [0.4, 0.5) is 0 Å². The van der Waals surface area contributed by atoms with Gasteiger partial charge < -0.3 is 15.3 Å². The van der Waals surface area contributed by atoms with Crippen LogP contribution in [0.5, 0.6) is 0 Å². The molecule has 0 aromatic carbocycles. The topological polar surface area (TPSA) is 85.2 Å². The SMILES string of the molecule is CC1(C)CC1c1nnc(C(O)CN)o1. The molecule has 78 valence electrons. The smallest absolute Gasteiger partial charge is 0.246 e. The molecule has 1 fully saturated rings. The van der Waals surface area contributed by atoms with Crippen molar-refractivity contribution in [1.29, 1.82) is 0 Å². The number of hydrogen-bond acceptors (Lipinski definition) is 5. The maximum Gasteiger partial charge on any atom is 0.246 e. The Kier molecular flexibility index (Phi) is 2.08. The molecule has 0 amide bonds. The van der Waals surface area contributed by atoms with E-state index in [4.69, 9.17) is 10.2 Å². The van der Waals surface area contributed by atoms with E-state index in [0.29, 0.717) is 11.8 Å². The van der Waals surface area contributed by atoms with Crippen LogP contribution >= 0.6 is 0 Å². The Bertz CT molecular complexity index is 335. The fourth-order valence-electron chi connectivity index (χ4n) is 1.51. The number of aromatic nitrogens is 2. The first-order valence-corrected chi connectivity index (χ1v) is 4.76. The molecular formula is C9H15N3O2. The minimum atomic E-state index is -0.835. The van der Waals surface area contributed by atoms with E-state index in [9.17, 15) is 5.11 Å². The average Bonchev–Trinajstić information content (AvgIpc) is 2.64. The van der Waals surface area contributed by atoms with Crippen LogP contribution in [0.1, 0.15) is 44.1 Å². The maximum absolute atomic E-state index is 9.35. The highest BCUT2D eigenvalue weighted by Gasteiger charge is 2.50. The Morgan fingerprint density at radius 2 is 2.29 bits per heavy atom. The highest BCUT2D eigenvalue weighted by Crippen LogP contribution is 2.58. The molecule has 5 heteroatoms. The van der Waals surface area contributed by atoms with E-state index in [2.05, 4.69) is 24.0 Å². The Labute approximate surface area is 82.3 Å². The van der Waals surface area contributed by atoms with Gasteiger partial charge >= 0.3 is 0 Å². The van der Waals surface area contributed by atoms with Crippen molar-refractivity contribution < 1.29 is 9.52 Å². The third-order valence-corrected chi connectivity index (χ3v) is 2.78. The highest BCUT2D eigenvalue weighted by atomic mass is 16.4. The lowest BCUT2D eigenvalue weighted by Crippen LogP contribution is -2.11. The number of rotatable bonds is 3. The Hall–Kier alpha value is -0.940. The van der Waals surface area contributed by atoms with Crippen molar-refractivity contribution in [3.05, 3.63) is 11.8 Å². The fraction of sp³-hybridized carbons (Fsp3) is 0.778. The Morgan fingerprint density at radius 1 is 1.64 bits per heavy atom. The van der Waals surface area contributed by atoms with Gasteiger partial charge in [-0.2, -0.15) is 0 Å². The third kappa shape index (κ3) is 1.53. The molecule has 1 aromatic heterocycles. The van der Waals surface area contributed by atoms with Crippen LogP contribution < -0.4 is 5.73 Å². The van der Waals surface area contributed by atoms with Crippen LogP contribution in [-0.2, 0) is 0 Å². The van der Waals surface area contributed by atoms with Gasteiger partial charge in [0.25, 0.3) is 0 Å². The van der Waals surface area contributed by atoms with E-state index >= 15 is 0 Å². The zero-order valence-electron chi connectivity index (χ0n) is 8.40. The first-order valence-electron chi connectivity index (χ1n) is 4.76. The summed E-state index contributed by atoms with van der Waals surface area (Å²) >= 11 is 0. The van der Waals surface area contributed by atoms with E-state index in [1.807, 2.05) is 0 Å². The molecule has 0 saturated heterocycles. The van der Waals surface area contributed by atoms with Gasteiger partial charge in [0.05, 0.1) is 0 Å². The third-order valence-electron chi connectivity index (χ3n) is 2.78. The van der Waals surface area contributed by atoms with Crippen LogP contribution in [0.15, 0.2) is 4.42 Å². The molecule has 1 aliphatic carbocycles. The van der Waals surface area contributed by atoms with Gasteiger partial charge in [-0.15, -0.1) is 10.2 Å². The zero-order valence-corrected chi connectivity index (χ0v) is 8.40. The van der Waals surface area contributed by atoms with Gasteiger partial charge in [-0.05, 0) is 11.8 Å². The maximum atomic E-state index is 9.35. The van der Waals surface area contributed by atoms with Crippen LogP contribution in [-0.4, -0.2) is 21.8 Å². The normalized spacial score (nSPS) is 26.1. The van der Waals surface area contributed by atoms with Crippen molar-refractivity contribution in [2.75, 3.05) is 6.54 Å². The number of nitrogens with zero attached hydrogens (tertiary/aromatic N) is 2. The van der Waals surface area contributed by atoms with Gasteiger partial charge in [0.15, 0.2) is 0 Å². The molecule has 2 rings (SSSR count). The van der Waals surface area contributed by atoms with Gasteiger partial charge in [0.2, 0.25) is 11.8 Å². The van der Waals surface area contributed by atoms with Crippen LogP contribution in [0, 0.1) is 5.41 Å². The predicted molar refractivity (Wildman–Crippen MR) is 49.5 cm³/mol. The van der Waals surface area contributed by atoms with E-state index in [0.717, 1.165) is 6.42 Å². The number of hydrogen-bond donors (Lipinski definition) is 2. The molecule has 3 N–H and O–H groups in total. The second-order valence-electron chi connectivity index (χ2n) is 4.48. The summed E-state index contributed by atoms with van der Waals surface area (Å²) in [5.41, 5.74) is 5.54. The summed E-state index contributed by atoms with van der Waals surface area (Å²) in [5, 5.41) is 17.0. The molecule has 2 atom stereocenters. The van der Waals surface area contributed by atoms with E-state index in [1.165, 1.54) is 0 Å². The van der Waals surface area contributed by atoms with Gasteiger partial charge in [0.1, 0.15) is 6.10 Å². The van der Waals surface area contributed by atoms with E-state index in [-0.39, 0.29) is 17.9 Å². The molecule has 0 aliphatic heterocycles. The van der Waals surface area contributed by atoms with Crippen LogP contribution in [0.25, 0.3) is 0 Å². The largest absolute Gasteiger partial charge is 0.422 e. The van der Waals surface area contributed by atoms with Crippen molar-refractivity contribution >= 4 is 0 Å². The number of aliphatic hydroxyl groups is 1. The molecule has 0 spiro atoms. The molecule has 0 bridgehead atoms. The van der Waals surface area contributed by atoms with E-state index < -0.39 is 6.10 Å². The van der Waals surface area contributed by atoms with Gasteiger partial charge in [-0.3, -0.25) is 0 Å². The van der Waals surface area contributed by atoms with Crippen LogP contribution in [0.2, 0.25) is 0 Å². The summed E-state index contributed by atoms with van der Waals surface area (Å²) in [6.07, 6.45) is 0.228. The summed E-state index contributed by atoms with van der Waals surface area (Å²) in [6.45, 7) is 4.41. The van der Waals surface area contributed by atoms with Crippen molar-refractivity contribution in [2.24, 2.45) is 11.1 Å². The summed E-state index contributed by atoms with van der Waals surface area (Å²) in [6, 6.07) is 0. The molecule has 14 heavy (non-hydrogen) atoms. The molecule has 2 unspecified atom stereocenters. The monoisotopic (exact) mass is 197 g/mol. The zero-order chi connectivity index (χ0) is 10.3. The molecule has 1 saturated carbocycles. The van der Waals surface area contributed by atoms with Crippen molar-refractivity contribution in [2.45, 2.75) is 32.3 Å². The molecule has 1 aromatic rings. The average molecular weight is 197 g/mol.